The van der Waals surface area contributed by atoms with Crippen LogP contribution in [0.4, 0.5) is 0 Å². The van der Waals surface area contributed by atoms with E-state index >= 15 is 0 Å². The summed E-state index contributed by atoms with van der Waals surface area (Å²) in [4.78, 5) is 17.7. The lowest BCUT2D eigenvalue weighted by molar-refractivity contribution is -0.128. The van der Waals surface area contributed by atoms with Crippen molar-refractivity contribution in [1.29, 1.82) is 0 Å². The molecule has 2 heterocycles. The molecule has 0 spiro atoms. The summed E-state index contributed by atoms with van der Waals surface area (Å²) in [5.74, 6) is 0.0326. The summed E-state index contributed by atoms with van der Waals surface area (Å²) >= 11 is 0. The number of aromatic nitrogens is 1. The molecule has 1 aromatic heterocycles. The molecule has 0 saturated carbocycles. The number of pyridine rings is 1. The Hall–Kier alpha value is -1.34. The van der Waals surface area contributed by atoms with Gasteiger partial charge in [0, 0.05) is 48.4 Å². The average Bonchev–Trinajstić information content (AvgIpc) is 2.66. The number of halogens is 1. The average molecular weight is 347 g/mol. The number of carbonyl (C=O) groups excluding carboxylic acids is 1. The topological polar surface area (TPSA) is 76.6 Å². The SMILES string of the molecule is CC(C)Oc1cc(CN2CC(CS(=O)(=O)Cl)CC2=O)ccn1. The Bertz CT molecular complexity index is 648. The summed E-state index contributed by atoms with van der Waals surface area (Å²) in [7, 11) is 1.67. The van der Waals surface area contributed by atoms with Gasteiger partial charge in [-0.05, 0) is 25.5 Å². The molecule has 6 nitrogen and oxygen atoms in total. The predicted molar refractivity (Wildman–Crippen MR) is 83.2 cm³/mol. The van der Waals surface area contributed by atoms with Gasteiger partial charge in [-0.1, -0.05) is 0 Å². The normalized spacial score (nSPS) is 19.0. The molecule has 1 aromatic rings. The highest BCUT2D eigenvalue weighted by molar-refractivity contribution is 8.13. The van der Waals surface area contributed by atoms with Gasteiger partial charge in [-0.3, -0.25) is 4.79 Å². The lowest BCUT2D eigenvalue weighted by atomic mass is 10.1. The summed E-state index contributed by atoms with van der Waals surface area (Å²) in [6, 6.07) is 3.60. The van der Waals surface area contributed by atoms with E-state index in [0.29, 0.717) is 19.0 Å². The van der Waals surface area contributed by atoms with E-state index in [1.165, 1.54) is 0 Å². The van der Waals surface area contributed by atoms with Crippen LogP contribution in [0.25, 0.3) is 0 Å². The van der Waals surface area contributed by atoms with Crippen molar-refractivity contribution in [3.63, 3.8) is 0 Å². The van der Waals surface area contributed by atoms with Gasteiger partial charge in [0.1, 0.15) is 0 Å². The number of likely N-dealkylation sites (tertiary alicyclic amines) is 1. The molecule has 8 heteroatoms. The Labute approximate surface area is 134 Å². The van der Waals surface area contributed by atoms with Crippen LogP contribution in [-0.2, 0) is 20.4 Å². The molecule has 1 atom stereocenters. The highest BCUT2D eigenvalue weighted by atomic mass is 35.7. The number of nitrogens with zero attached hydrogens (tertiary/aromatic N) is 2. The second kappa shape index (κ2) is 6.83. The van der Waals surface area contributed by atoms with E-state index < -0.39 is 9.05 Å². The molecule has 1 aliphatic rings. The Balaban J connectivity index is 2.00. The molecule has 22 heavy (non-hydrogen) atoms. The summed E-state index contributed by atoms with van der Waals surface area (Å²) in [6.45, 7) is 4.63. The molecule has 0 radical (unpaired) electrons. The first kappa shape index (κ1) is 17.0. The Morgan fingerprint density at radius 1 is 1.50 bits per heavy atom. The van der Waals surface area contributed by atoms with Gasteiger partial charge in [-0.15, -0.1) is 0 Å². The van der Waals surface area contributed by atoms with E-state index in [1.807, 2.05) is 19.9 Å². The first-order chi connectivity index (χ1) is 10.2. The third-order valence-electron chi connectivity index (χ3n) is 3.26. The van der Waals surface area contributed by atoms with Crippen molar-refractivity contribution in [2.75, 3.05) is 12.3 Å². The van der Waals surface area contributed by atoms with E-state index in [4.69, 9.17) is 15.4 Å². The number of hydrogen-bond acceptors (Lipinski definition) is 5. The van der Waals surface area contributed by atoms with Crippen molar-refractivity contribution in [2.45, 2.75) is 32.9 Å². The fourth-order valence-corrected chi connectivity index (χ4v) is 3.80. The quantitative estimate of drug-likeness (QED) is 0.734. The van der Waals surface area contributed by atoms with Crippen LogP contribution in [0.5, 0.6) is 5.88 Å². The second-order valence-electron chi connectivity index (χ2n) is 5.72. The maximum atomic E-state index is 12.0. The van der Waals surface area contributed by atoms with Crippen LogP contribution < -0.4 is 4.74 Å². The second-order valence-corrected chi connectivity index (χ2v) is 8.54. The molecule has 0 N–H and O–H groups in total. The maximum Gasteiger partial charge on any atom is 0.232 e. The zero-order valence-electron chi connectivity index (χ0n) is 12.5. The Morgan fingerprint density at radius 2 is 2.23 bits per heavy atom. The molecule has 1 aliphatic heterocycles. The number of ether oxygens (including phenoxy) is 1. The molecule has 1 fully saturated rings. The highest BCUT2D eigenvalue weighted by Crippen LogP contribution is 2.23. The van der Waals surface area contributed by atoms with Crippen LogP contribution in [0.15, 0.2) is 18.3 Å². The Morgan fingerprint density at radius 3 is 2.86 bits per heavy atom. The zero-order valence-corrected chi connectivity index (χ0v) is 14.1. The third-order valence-corrected chi connectivity index (χ3v) is 4.51. The van der Waals surface area contributed by atoms with Gasteiger partial charge in [0.25, 0.3) is 0 Å². The number of carbonyl (C=O) groups is 1. The molecule has 1 amide bonds. The van der Waals surface area contributed by atoms with Crippen LogP contribution in [0.3, 0.4) is 0 Å². The van der Waals surface area contributed by atoms with Crippen LogP contribution in [0.1, 0.15) is 25.8 Å². The van der Waals surface area contributed by atoms with Gasteiger partial charge in [0.05, 0.1) is 11.9 Å². The molecule has 0 aromatic carbocycles. The van der Waals surface area contributed by atoms with Crippen LogP contribution in [0.2, 0.25) is 0 Å². The number of rotatable bonds is 6. The van der Waals surface area contributed by atoms with E-state index in [2.05, 4.69) is 4.98 Å². The molecular formula is C14H19ClN2O4S. The van der Waals surface area contributed by atoms with Gasteiger partial charge in [-0.25, -0.2) is 13.4 Å². The molecule has 0 bridgehead atoms. The summed E-state index contributed by atoms with van der Waals surface area (Å²) in [5.41, 5.74) is 0.897. The Kier molecular flexibility index (Phi) is 5.28. The minimum Gasteiger partial charge on any atom is -0.475 e. The minimum absolute atomic E-state index is 0.0227. The predicted octanol–water partition coefficient (Wildman–Crippen LogP) is 1.79. The van der Waals surface area contributed by atoms with Crippen molar-refractivity contribution in [2.24, 2.45) is 5.92 Å². The maximum absolute atomic E-state index is 12.0. The van der Waals surface area contributed by atoms with Crippen LogP contribution in [-0.4, -0.2) is 42.6 Å². The summed E-state index contributed by atoms with van der Waals surface area (Å²) < 4.78 is 27.8. The summed E-state index contributed by atoms with van der Waals surface area (Å²) in [6.07, 6.45) is 1.87. The fourth-order valence-electron chi connectivity index (χ4n) is 2.48. The van der Waals surface area contributed by atoms with Gasteiger partial charge < -0.3 is 9.64 Å². The largest absolute Gasteiger partial charge is 0.475 e. The number of hydrogen-bond donors (Lipinski definition) is 0. The first-order valence-electron chi connectivity index (χ1n) is 7.04. The van der Waals surface area contributed by atoms with Gasteiger partial charge >= 0.3 is 0 Å². The molecule has 0 aliphatic carbocycles. The van der Waals surface area contributed by atoms with Crippen molar-refractivity contribution in [3.8, 4) is 5.88 Å². The highest BCUT2D eigenvalue weighted by Gasteiger charge is 2.32. The van der Waals surface area contributed by atoms with Crippen molar-refractivity contribution < 1.29 is 17.9 Å². The van der Waals surface area contributed by atoms with Gasteiger partial charge in [0.15, 0.2) is 0 Å². The molecule has 2 rings (SSSR count). The van der Waals surface area contributed by atoms with E-state index in [-0.39, 0.29) is 30.1 Å². The molecule has 1 unspecified atom stereocenters. The van der Waals surface area contributed by atoms with E-state index in [9.17, 15) is 13.2 Å². The van der Waals surface area contributed by atoms with Crippen LogP contribution in [0, 0.1) is 5.92 Å². The molecular weight excluding hydrogens is 328 g/mol. The molecule has 122 valence electrons. The first-order valence-corrected chi connectivity index (χ1v) is 9.52. The van der Waals surface area contributed by atoms with Gasteiger partial charge in [0.2, 0.25) is 20.8 Å². The van der Waals surface area contributed by atoms with Crippen molar-refractivity contribution in [3.05, 3.63) is 23.9 Å². The number of amides is 1. The van der Waals surface area contributed by atoms with E-state index in [0.717, 1.165) is 5.56 Å². The monoisotopic (exact) mass is 346 g/mol. The lowest BCUT2D eigenvalue weighted by Gasteiger charge is -2.17. The third kappa shape index (κ3) is 5.14. The summed E-state index contributed by atoms with van der Waals surface area (Å²) in [5, 5.41) is 0. The smallest absolute Gasteiger partial charge is 0.232 e. The lowest BCUT2D eigenvalue weighted by Crippen LogP contribution is -2.25. The minimum atomic E-state index is -3.58. The fraction of sp³-hybridized carbons (Fsp3) is 0.571. The van der Waals surface area contributed by atoms with E-state index in [1.54, 1.807) is 17.2 Å². The van der Waals surface area contributed by atoms with Gasteiger partial charge in [-0.2, -0.15) is 0 Å². The standard InChI is InChI=1S/C14H19ClN2O4S/c1-10(2)21-13-5-11(3-4-16-13)7-17-8-12(6-14(17)18)9-22(15,19)20/h3-5,10,12H,6-9H2,1-2H3. The van der Waals surface area contributed by atoms with Crippen molar-refractivity contribution in [1.82, 2.24) is 9.88 Å². The zero-order chi connectivity index (χ0) is 16.3. The van der Waals surface area contributed by atoms with Crippen molar-refractivity contribution >= 4 is 25.6 Å². The van der Waals surface area contributed by atoms with Crippen LogP contribution >= 0.6 is 10.7 Å². The molecule has 1 saturated heterocycles.